The van der Waals surface area contributed by atoms with Gasteiger partial charge in [0, 0.05) is 18.9 Å². The fourth-order valence-corrected chi connectivity index (χ4v) is 1.15. The van der Waals surface area contributed by atoms with E-state index < -0.39 is 0 Å². The van der Waals surface area contributed by atoms with Crippen LogP contribution in [-0.4, -0.2) is 17.5 Å². The molecule has 0 unspecified atom stereocenters. The summed E-state index contributed by atoms with van der Waals surface area (Å²) in [6, 6.07) is 1.97. The Kier molecular flexibility index (Phi) is 4.56. The maximum atomic E-state index is 5.30. The minimum Gasteiger partial charge on any atom is -0.356 e. The smallest absolute Gasteiger partial charge is 0.206 e. The van der Waals surface area contributed by atoms with Gasteiger partial charge in [0.05, 0.1) is 6.54 Å². The Morgan fingerprint density at radius 1 is 1.60 bits per heavy atom. The van der Waals surface area contributed by atoms with Gasteiger partial charge in [0.1, 0.15) is 0 Å². The Bertz CT molecular complexity index is 334. The predicted octanol–water partition coefficient (Wildman–Crippen LogP) is 0.319. The van der Waals surface area contributed by atoms with Gasteiger partial charge in [0.15, 0.2) is 0 Å². The number of nitrogens with two attached hydrogens (primary N) is 1. The zero-order valence-corrected chi connectivity index (χ0v) is 9.12. The molecule has 0 amide bonds. The van der Waals surface area contributed by atoms with E-state index in [-0.39, 0.29) is 0 Å². The van der Waals surface area contributed by atoms with E-state index in [0.717, 1.165) is 12.1 Å². The molecule has 82 valence electrons. The molecule has 0 spiro atoms. The second-order valence-electron chi connectivity index (χ2n) is 3.14. The zero-order valence-electron chi connectivity index (χ0n) is 9.12. The van der Waals surface area contributed by atoms with Crippen molar-refractivity contribution in [2.75, 3.05) is 6.54 Å². The molecule has 0 bridgehead atoms. The van der Waals surface area contributed by atoms with Crippen molar-refractivity contribution < 1.29 is 0 Å². The molecular weight excluding hydrogens is 190 g/mol. The predicted molar refractivity (Wildman–Crippen MR) is 61.1 cm³/mol. The molecule has 0 saturated carbocycles. The van der Waals surface area contributed by atoms with E-state index in [0.29, 0.717) is 12.5 Å². The van der Waals surface area contributed by atoms with Gasteiger partial charge in [0.25, 0.3) is 0 Å². The second kappa shape index (κ2) is 5.98. The van der Waals surface area contributed by atoms with Gasteiger partial charge in [-0.1, -0.05) is 0 Å². The molecule has 0 aliphatic heterocycles. The van der Waals surface area contributed by atoms with Crippen LogP contribution in [0.2, 0.25) is 0 Å². The van der Waals surface area contributed by atoms with E-state index in [2.05, 4.69) is 20.7 Å². The number of nitrogens with zero attached hydrogens (tertiary/aromatic N) is 2. The van der Waals surface area contributed by atoms with Crippen LogP contribution in [0.5, 0.6) is 0 Å². The molecular formula is C10H17N5. The molecule has 1 heterocycles. The second-order valence-corrected chi connectivity index (χ2v) is 3.14. The van der Waals surface area contributed by atoms with Crippen LogP contribution in [0.1, 0.15) is 18.1 Å². The van der Waals surface area contributed by atoms with E-state index in [4.69, 9.17) is 5.84 Å². The van der Waals surface area contributed by atoms with Gasteiger partial charge < -0.3 is 5.32 Å². The first kappa shape index (κ1) is 11.5. The van der Waals surface area contributed by atoms with Crippen LogP contribution >= 0.6 is 0 Å². The molecule has 0 saturated heterocycles. The van der Waals surface area contributed by atoms with Gasteiger partial charge in [-0.3, -0.25) is 10.4 Å². The summed E-state index contributed by atoms with van der Waals surface area (Å²) < 4.78 is 0. The lowest BCUT2D eigenvalue weighted by Crippen LogP contribution is -2.41. The average molecular weight is 207 g/mol. The minimum atomic E-state index is 0.576. The van der Waals surface area contributed by atoms with Crippen LogP contribution in [-0.2, 0) is 6.54 Å². The molecule has 1 aromatic heterocycles. The van der Waals surface area contributed by atoms with E-state index >= 15 is 0 Å². The summed E-state index contributed by atoms with van der Waals surface area (Å²) in [4.78, 5) is 8.35. The highest BCUT2D eigenvalue weighted by atomic mass is 15.3. The molecule has 5 nitrogen and oxygen atoms in total. The fourth-order valence-electron chi connectivity index (χ4n) is 1.15. The quantitative estimate of drug-likeness (QED) is 0.289. The van der Waals surface area contributed by atoms with Crippen molar-refractivity contribution in [3.63, 3.8) is 0 Å². The standard InChI is InChI=1S/C10H17N5/c1-3-13-10(15-11)14-7-9-6-12-5-4-8(9)2/h4-6H,3,7,11H2,1-2H3,(H2,13,14,15). The number of hydrogen-bond donors (Lipinski definition) is 3. The third-order valence-corrected chi connectivity index (χ3v) is 2.04. The third-order valence-electron chi connectivity index (χ3n) is 2.04. The number of hydrazine groups is 1. The minimum absolute atomic E-state index is 0.576. The van der Waals surface area contributed by atoms with E-state index in [9.17, 15) is 0 Å². The normalized spacial score (nSPS) is 11.3. The highest BCUT2D eigenvalue weighted by Crippen LogP contribution is 2.05. The molecule has 0 aliphatic rings. The highest BCUT2D eigenvalue weighted by molar-refractivity contribution is 5.79. The van der Waals surface area contributed by atoms with Gasteiger partial charge in [-0.2, -0.15) is 0 Å². The van der Waals surface area contributed by atoms with Crippen LogP contribution in [0.3, 0.4) is 0 Å². The lowest BCUT2D eigenvalue weighted by molar-refractivity contribution is 0.849. The average Bonchev–Trinajstić information content (AvgIpc) is 2.26. The van der Waals surface area contributed by atoms with Crippen LogP contribution in [0.4, 0.5) is 0 Å². The van der Waals surface area contributed by atoms with Crippen molar-refractivity contribution >= 4 is 5.96 Å². The Morgan fingerprint density at radius 3 is 3.00 bits per heavy atom. The number of pyridine rings is 1. The van der Waals surface area contributed by atoms with E-state index in [1.54, 1.807) is 6.20 Å². The van der Waals surface area contributed by atoms with Crippen LogP contribution < -0.4 is 16.6 Å². The summed E-state index contributed by atoms with van der Waals surface area (Å²) in [6.45, 7) is 5.39. The molecule has 0 fully saturated rings. The number of aryl methyl sites for hydroxylation is 1. The SMILES string of the molecule is CCNC(=NCc1cnccc1C)NN. The van der Waals surface area contributed by atoms with Crippen molar-refractivity contribution in [3.05, 3.63) is 29.6 Å². The maximum absolute atomic E-state index is 5.30. The Balaban J connectivity index is 2.65. The van der Waals surface area contributed by atoms with Gasteiger partial charge in [-0.15, -0.1) is 0 Å². The number of aliphatic imine (C=N–C) groups is 1. The van der Waals surface area contributed by atoms with Gasteiger partial charge in [0.2, 0.25) is 5.96 Å². The Labute approximate surface area is 89.8 Å². The molecule has 15 heavy (non-hydrogen) atoms. The summed E-state index contributed by atoms with van der Waals surface area (Å²) in [5.41, 5.74) is 4.79. The zero-order chi connectivity index (χ0) is 11.1. The van der Waals surface area contributed by atoms with Crippen LogP contribution in [0.15, 0.2) is 23.5 Å². The first-order chi connectivity index (χ1) is 7.27. The first-order valence-electron chi connectivity index (χ1n) is 4.92. The van der Waals surface area contributed by atoms with Crippen LogP contribution in [0.25, 0.3) is 0 Å². The van der Waals surface area contributed by atoms with Crippen molar-refractivity contribution in [2.24, 2.45) is 10.8 Å². The molecule has 5 heteroatoms. The Morgan fingerprint density at radius 2 is 2.40 bits per heavy atom. The lowest BCUT2D eigenvalue weighted by atomic mass is 10.2. The largest absolute Gasteiger partial charge is 0.356 e. The van der Waals surface area contributed by atoms with Crippen molar-refractivity contribution in [2.45, 2.75) is 20.4 Å². The summed E-state index contributed by atoms with van der Waals surface area (Å²) in [7, 11) is 0. The van der Waals surface area contributed by atoms with Crippen LogP contribution in [0, 0.1) is 6.92 Å². The van der Waals surface area contributed by atoms with Crippen molar-refractivity contribution in [1.82, 2.24) is 15.7 Å². The fraction of sp³-hybridized carbons (Fsp3) is 0.400. The van der Waals surface area contributed by atoms with E-state index in [1.165, 1.54) is 5.56 Å². The lowest BCUT2D eigenvalue weighted by Gasteiger charge is -2.07. The summed E-state index contributed by atoms with van der Waals surface area (Å²) in [5.74, 6) is 5.90. The number of hydrogen-bond acceptors (Lipinski definition) is 3. The molecule has 1 rings (SSSR count). The van der Waals surface area contributed by atoms with E-state index in [1.807, 2.05) is 26.1 Å². The topological polar surface area (TPSA) is 75.3 Å². The number of nitrogens with one attached hydrogen (secondary N) is 2. The summed E-state index contributed by atoms with van der Waals surface area (Å²) >= 11 is 0. The molecule has 0 radical (unpaired) electrons. The number of guanidine groups is 1. The third kappa shape index (κ3) is 3.55. The molecule has 0 aromatic carbocycles. The van der Waals surface area contributed by atoms with Gasteiger partial charge >= 0.3 is 0 Å². The number of aromatic nitrogens is 1. The molecule has 4 N–H and O–H groups in total. The first-order valence-corrected chi connectivity index (χ1v) is 4.92. The number of rotatable bonds is 3. The molecule has 0 aliphatic carbocycles. The summed E-state index contributed by atoms with van der Waals surface area (Å²) in [5, 5.41) is 3.02. The molecule has 0 atom stereocenters. The Hall–Kier alpha value is -1.62. The van der Waals surface area contributed by atoms with Crippen molar-refractivity contribution in [3.8, 4) is 0 Å². The summed E-state index contributed by atoms with van der Waals surface area (Å²) in [6.07, 6.45) is 3.59. The monoisotopic (exact) mass is 207 g/mol. The molecule has 1 aromatic rings. The highest BCUT2D eigenvalue weighted by Gasteiger charge is 1.97. The maximum Gasteiger partial charge on any atom is 0.206 e. The van der Waals surface area contributed by atoms with Crippen molar-refractivity contribution in [1.29, 1.82) is 0 Å². The van der Waals surface area contributed by atoms with Gasteiger partial charge in [-0.05, 0) is 31.0 Å². The van der Waals surface area contributed by atoms with Gasteiger partial charge in [-0.25, -0.2) is 10.8 Å².